The predicted molar refractivity (Wildman–Crippen MR) is 89.5 cm³/mol. The molecule has 0 radical (unpaired) electrons. The zero-order valence-corrected chi connectivity index (χ0v) is 15.4. The first-order valence-electron chi connectivity index (χ1n) is 7.90. The molecule has 1 aliphatic carbocycles. The number of rotatable bonds is 5. The van der Waals surface area contributed by atoms with Crippen LogP contribution in [0.2, 0.25) is 0 Å². The molecule has 21 heavy (non-hydrogen) atoms. The van der Waals surface area contributed by atoms with Crippen LogP contribution in [0.4, 0.5) is 0 Å². The van der Waals surface area contributed by atoms with Crippen LogP contribution in [0, 0.1) is 5.92 Å². The summed E-state index contributed by atoms with van der Waals surface area (Å²) in [6.07, 6.45) is 6.60. The van der Waals surface area contributed by atoms with Gasteiger partial charge in [-0.25, -0.2) is 0 Å². The molecule has 0 amide bonds. The summed E-state index contributed by atoms with van der Waals surface area (Å²) in [5, 5.41) is 8.04. The number of hydrogen-bond acceptors (Lipinski definition) is 3. The van der Waals surface area contributed by atoms with Crippen LogP contribution in [0.1, 0.15) is 64.2 Å². The summed E-state index contributed by atoms with van der Waals surface area (Å²) < 4.78 is 9.25. The Morgan fingerprint density at radius 3 is 2.76 bits per heavy atom. The Morgan fingerprint density at radius 1 is 1.52 bits per heavy atom. The summed E-state index contributed by atoms with van der Waals surface area (Å²) in [5.74, 6) is 0.698. The van der Waals surface area contributed by atoms with E-state index < -0.39 is 0 Å². The molecule has 0 aliphatic heterocycles. The highest BCUT2D eigenvalue weighted by molar-refractivity contribution is 9.10. The molecular formula is C16H28BrN3O. The Balaban J connectivity index is 2.45. The molecule has 0 aromatic carbocycles. The number of nitrogens with zero attached hydrogens (tertiary/aromatic N) is 2. The van der Waals surface area contributed by atoms with Gasteiger partial charge in [0.1, 0.15) is 0 Å². The first kappa shape index (κ1) is 17.0. The fourth-order valence-corrected chi connectivity index (χ4v) is 4.29. The van der Waals surface area contributed by atoms with Crippen molar-refractivity contribution in [2.75, 3.05) is 14.2 Å². The van der Waals surface area contributed by atoms with Gasteiger partial charge in [0.25, 0.3) is 0 Å². The highest BCUT2D eigenvalue weighted by atomic mass is 79.9. The summed E-state index contributed by atoms with van der Waals surface area (Å²) in [5.41, 5.74) is 1.05. The molecule has 1 saturated carbocycles. The standard InChI is InChI=1S/C16H28BrN3O/c1-11(2)20-14(13(17)10-19-20)15(18-4)16(21-5)8-6-7-12(3)9-16/h10-12,15,18H,6-9H2,1-5H3. The van der Waals surface area contributed by atoms with Crippen molar-refractivity contribution in [3.8, 4) is 0 Å². The van der Waals surface area contributed by atoms with Gasteiger partial charge in [0.2, 0.25) is 0 Å². The number of ether oxygens (including phenoxy) is 1. The van der Waals surface area contributed by atoms with E-state index in [0.717, 1.165) is 17.3 Å². The Kier molecular flexibility index (Phi) is 5.49. The number of halogens is 1. The minimum atomic E-state index is -0.151. The Hall–Kier alpha value is -0.390. The van der Waals surface area contributed by atoms with Gasteiger partial charge in [-0.15, -0.1) is 0 Å². The molecular weight excluding hydrogens is 330 g/mol. The van der Waals surface area contributed by atoms with Crippen LogP contribution in [-0.4, -0.2) is 29.5 Å². The van der Waals surface area contributed by atoms with Crippen LogP contribution >= 0.6 is 15.9 Å². The normalized spacial score (nSPS) is 28.0. The van der Waals surface area contributed by atoms with Crippen LogP contribution in [-0.2, 0) is 4.74 Å². The van der Waals surface area contributed by atoms with Gasteiger partial charge in [-0.1, -0.05) is 19.8 Å². The van der Waals surface area contributed by atoms with Crippen LogP contribution in [0.3, 0.4) is 0 Å². The van der Waals surface area contributed by atoms with Gasteiger partial charge in [-0.05, 0) is 55.6 Å². The van der Waals surface area contributed by atoms with Crippen LogP contribution in [0.5, 0.6) is 0 Å². The fourth-order valence-electron chi connectivity index (χ4n) is 3.79. The van der Waals surface area contributed by atoms with Crippen molar-refractivity contribution < 1.29 is 4.74 Å². The average Bonchev–Trinajstić information content (AvgIpc) is 2.82. The summed E-state index contributed by atoms with van der Waals surface area (Å²) in [4.78, 5) is 0. The topological polar surface area (TPSA) is 39.1 Å². The fraction of sp³-hybridized carbons (Fsp3) is 0.812. The number of aromatic nitrogens is 2. The van der Waals surface area contributed by atoms with Gasteiger partial charge in [0, 0.05) is 13.2 Å². The lowest BCUT2D eigenvalue weighted by atomic mass is 9.73. The van der Waals surface area contributed by atoms with Gasteiger partial charge < -0.3 is 10.1 Å². The Bertz CT molecular complexity index is 474. The Labute approximate surface area is 136 Å². The number of nitrogens with one attached hydrogen (secondary N) is 1. The van der Waals surface area contributed by atoms with E-state index in [1.165, 1.54) is 18.5 Å². The van der Waals surface area contributed by atoms with Crippen molar-refractivity contribution in [3.63, 3.8) is 0 Å². The first-order valence-corrected chi connectivity index (χ1v) is 8.69. The van der Waals surface area contributed by atoms with Crippen molar-refractivity contribution in [2.24, 2.45) is 5.92 Å². The van der Waals surface area contributed by atoms with E-state index in [1.807, 2.05) is 20.4 Å². The van der Waals surface area contributed by atoms with E-state index >= 15 is 0 Å². The molecule has 5 heteroatoms. The molecule has 3 atom stereocenters. The van der Waals surface area contributed by atoms with Crippen LogP contribution in [0.15, 0.2) is 10.7 Å². The van der Waals surface area contributed by atoms with Gasteiger partial charge in [0.05, 0.1) is 28.0 Å². The molecule has 2 rings (SSSR count). The first-order chi connectivity index (χ1) is 9.95. The molecule has 1 fully saturated rings. The molecule has 1 N–H and O–H groups in total. The van der Waals surface area contributed by atoms with E-state index in [9.17, 15) is 0 Å². The minimum absolute atomic E-state index is 0.143. The number of hydrogen-bond donors (Lipinski definition) is 1. The molecule has 1 aromatic heterocycles. The minimum Gasteiger partial charge on any atom is -0.376 e. The zero-order valence-electron chi connectivity index (χ0n) is 13.8. The van der Waals surface area contributed by atoms with E-state index in [2.05, 4.69) is 51.8 Å². The molecule has 0 bridgehead atoms. The summed E-state index contributed by atoms with van der Waals surface area (Å²) >= 11 is 3.68. The molecule has 4 nitrogen and oxygen atoms in total. The van der Waals surface area contributed by atoms with Gasteiger partial charge in [0.15, 0.2) is 0 Å². The van der Waals surface area contributed by atoms with Crippen molar-refractivity contribution in [1.29, 1.82) is 0 Å². The summed E-state index contributed by atoms with van der Waals surface area (Å²) in [6, 6.07) is 0.474. The van der Waals surface area contributed by atoms with Crippen molar-refractivity contribution >= 4 is 15.9 Å². The molecule has 0 spiro atoms. The number of methoxy groups -OCH3 is 1. The van der Waals surface area contributed by atoms with E-state index in [4.69, 9.17) is 4.74 Å². The quantitative estimate of drug-likeness (QED) is 0.862. The molecule has 3 unspecified atom stereocenters. The van der Waals surface area contributed by atoms with Crippen molar-refractivity contribution in [1.82, 2.24) is 15.1 Å². The predicted octanol–water partition coefficient (Wildman–Crippen LogP) is 4.08. The van der Waals surface area contributed by atoms with E-state index in [-0.39, 0.29) is 11.6 Å². The van der Waals surface area contributed by atoms with Crippen molar-refractivity contribution in [3.05, 3.63) is 16.4 Å². The molecule has 1 aliphatic rings. The maximum absolute atomic E-state index is 6.09. The lowest BCUT2D eigenvalue weighted by Gasteiger charge is -2.44. The smallest absolute Gasteiger partial charge is 0.0890 e. The van der Waals surface area contributed by atoms with Crippen molar-refractivity contribution in [2.45, 2.75) is 64.1 Å². The maximum Gasteiger partial charge on any atom is 0.0890 e. The van der Waals surface area contributed by atoms with E-state index in [0.29, 0.717) is 12.0 Å². The van der Waals surface area contributed by atoms with E-state index in [1.54, 1.807) is 0 Å². The molecule has 0 saturated heterocycles. The molecule has 120 valence electrons. The zero-order chi connectivity index (χ0) is 15.6. The second kappa shape index (κ2) is 6.80. The van der Waals surface area contributed by atoms with Gasteiger partial charge >= 0.3 is 0 Å². The third-order valence-corrected chi connectivity index (χ3v) is 5.37. The average molecular weight is 358 g/mol. The van der Waals surface area contributed by atoms with Crippen LogP contribution in [0.25, 0.3) is 0 Å². The number of likely N-dealkylation sites (N-methyl/N-ethyl adjacent to an activating group) is 1. The molecule has 1 aromatic rings. The van der Waals surface area contributed by atoms with Gasteiger partial charge in [-0.2, -0.15) is 5.10 Å². The summed E-state index contributed by atoms with van der Waals surface area (Å²) in [6.45, 7) is 6.66. The Morgan fingerprint density at radius 2 is 2.24 bits per heavy atom. The lowest BCUT2D eigenvalue weighted by molar-refractivity contribution is -0.0811. The monoisotopic (exact) mass is 357 g/mol. The van der Waals surface area contributed by atoms with Crippen LogP contribution < -0.4 is 5.32 Å². The third-order valence-electron chi connectivity index (χ3n) is 4.76. The highest BCUT2D eigenvalue weighted by Crippen LogP contribution is 2.45. The molecule has 1 heterocycles. The lowest BCUT2D eigenvalue weighted by Crippen LogP contribution is -2.48. The highest BCUT2D eigenvalue weighted by Gasteiger charge is 2.44. The SMILES string of the molecule is CNC(c1c(Br)cnn1C(C)C)C1(OC)CCCC(C)C1. The van der Waals surface area contributed by atoms with Gasteiger partial charge in [-0.3, -0.25) is 4.68 Å². The second-order valence-corrected chi connectivity index (χ2v) is 7.46. The summed E-state index contributed by atoms with van der Waals surface area (Å²) in [7, 11) is 3.88. The second-order valence-electron chi connectivity index (χ2n) is 6.61. The third kappa shape index (κ3) is 3.20. The largest absolute Gasteiger partial charge is 0.376 e. The maximum atomic E-state index is 6.09.